The van der Waals surface area contributed by atoms with Crippen molar-refractivity contribution in [3.05, 3.63) is 46.8 Å². The summed E-state index contributed by atoms with van der Waals surface area (Å²) in [6, 6.07) is 4.76. The number of carbonyl (C=O) groups is 5. The van der Waals surface area contributed by atoms with Crippen LogP contribution in [0.4, 0.5) is 0 Å². The lowest BCUT2D eigenvalue weighted by molar-refractivity contribution is -0.142. The quantitative estimate of drug-likeness (QED) is 0.189. The Balaban J connectivity index is 1.19. The zero-order chi connectivity index (χ0) is 36.1. The summed E-state index contributed by atoms with van der Waals surface area (Å²) < 4.78 is 22.3. The van der Waals surface area contributed by atoms with Crippen molar-refractivity contribution >= 4 is 40.4 Å². The molecule has 15 nitrogen and oxygen atoms in total. The van der Waals surface area contributed by atoms with Gasteiger partial charge >= 0.3 is 0 Å². The largest absolute Gasteiger partial charge is 0.507 e. The molecule has 2 aliphatic rings. The number of nitrogens with zero attached hydrogens (tertiary/aromatic N) is 1. The van der Waals surface area contributed by atoms with Gasteiger partial charge in [-0.3, -0.25) is 28.8 Å². The summed E-state index contributed by atoms with van der Waals surface area (Å²) in [5.41, 5.74) is 5.42. The molecule has 5 N–H and O–H groups in total. The minimum Gasteiger partial charge on any atom is -0.507 e. The predicted molar refractivity (Wildman–Crippen MR) is 179 cm³/mol. The first-order chi connectivity index (χ1) is 23.8. The summed E-state index contributed by atoms with van der Waals surface area (Å²) in [6.07, 6.45) is 1.95. The monoisotopic (exact) mass is 692 g/mol. The van der Waals surface area contributed by atoms with Gasteiger partial charge in [0.15, 0.2) is 23.9 Å². The van der Waals surface area contributed by atoms with Crippen LogP contribution in [0.15, 0.2) is 45.8 Å². The van der Waals surface area contributed by atoms with Crippen molar-refractivity contribution in [2.24, 2.45) is 11.7 Å². The van der Waals surface area contributed by atoms with Gasteiger partial charge in [-0.05, 0) is 49.8 Å². The molecule has 2 aliphatic heterocycles. The number of primary amides is 1. The maximum absolute atomic E-state index is 13.3. The normalized spacial score (nSPS) is 16.5. The average Bonchev–Trinajstić information content (AvgIpc) is 3.56. The highest BCUT2D eigenvalue weighted by atomic mass is 16.6. The Hall–Kier alpha value is -5.60. The van der Waals surface area contributed by atoms with Crippen molar-refractivity contribution in [2.75, 3.05) is 26.4 Å². The number of aromatic hydroxyl groups is 1. The smallest absolute Gasteiger partial charge is 0.258 e. The van der Waals surface area contributed by atoms with Crippen molar-refractivity contribution in [3.8, 4) is 34.1 Å². The molecule has 0 saturated carbocycles. The van der Waals surface area contributed by atoms with Crippen molar-refractivity contribution in [1.29, 1.82) is 0 Å². The minimum atomic E-state index is -1.02. The molecule has 4 amide bonds. The van der Waals surface area contributed by atoms with Crippen LogP contribution in [0.2, 0.25) is 0 Å². The van der Waals surface area contributed by atoms with Crippen molar-refractivity contribution < 1.29 is 47.7 Å². The van der Waals surface area contributed by atoms with Crippen LogP contribution in [-0.4, -0.2) is 83.9 Å². The fraction of sp³-hybridized carbons (Fsp3) is 0.429. The van der Waals surface area contributed by atoms with E-state index in [0.717, 1.165) is 0 Å². The number of fused-ring (bicyclic) bond motifs is 2. The molecule has 3 atom stereocenters. The van der Waals surface area contributed by atoms with E-state index in [-0.39, 0.29) is 34.7 Å². The van der Waals surface area contributed by atoms with Gasteiger partial charge in [-0.15, -0.1) is 0 Å². The van der Waals surface area contributed by atoms with Crippen molar-refractivity contribution in [2.45, 2.75) is 64.6 Å². The fourth-order valence-corrected chi connectivity index (χ4v) is 6.05. The third-order valence-electron chi connectivity index (χ3n) is 8.40. The lowest BCUT2D eigenvalue weighted by atomic mass is 9.98. The molecule has 3 unspecified atom stereocenters. The first kappa shape index (κ1) is 35.7. The van der Waals surface area contributed by atoms with Crippen LogP contribution in [-0.2, 0) is 24.0 Å². The van der Waals surface area contributed by atoms with Crippen LogP contribution < -0.4 is 36.0 Å². The number of amides is 4. The topological polar surface area (TPSA) is 217 Å². The molecule has 1 saturated heterocycles. The van der Waals surface area contributed by atoms with Crippen molar-refractivity contribution in [3.63, 3.8) is 0 Å². The average molecular weight is 693 g/mol. The Labute approximate surface area is 287 Å². The number of hydrogen-bond donors (Lipinski definition) is 4. The summed E-state index contributed by atoms with van der Waals surface area (Å²) in [7, 11) is 0. The summed E-state index contributed by atoms with van der Waals surface area (Å²) in [4.78, 5) is 77.8. The van der Waals surface area contributed by atoms with E-state index in [1.807, 2.05) is 13.8 Å². The van der Waals surface area contributed by atoms with E-state index in [1.165, 1.54) is 30.2 Å². The number of benzene rings is 2. The molecule has 2 aromatic carbocycles. The predicted octanol–water partition coefficient (Wildman–Crippen LogP) is 1.79. The Morgan fingerprint density at radius 3 is 2.50 bits per heavy atom. The highest BCUT2D eigenvalue weighted by Gasteiger charge is 2.38. The van der Waals surface area contributed by atoms with Gasteiger partial charge in [0.1, 0.15) is 54.0 Å². The summed E-state index contributed by atoms with van der Waals surface area (Å²) in [5.74, 6) is -2.27. The summed E-state index contributed by atoms with van der Waals surface area (Å²) >= 11 is 0. The molecular weight excluding hydrogens is 652 g/mol. The highest BCUT2D eigenvalue weighted by Crippen LogP contribution is 2.35. The Bertz CT molecular complexity index is 1870. The lowest BCUT2D eigenvalue weighted by Crippen LogP contribution is -2.55. The van der Waals surface area contributed by atoms with Crippen LogP contribution in [0, 0.1) is 5.92 Å². The van der Waals surface area contributed by atoms with Crippen LogP contribution in [0.3, 0.4) is 0 Å². The Morgan fingerprint density at radius 2 is 1.78 bits per heavy atom. The number of phenols is 1. The van der Waals surface area contributed by atoms with Crippen LogP contribution in [0.1, 0.15) is 46.5 Å². The third-order valence-corrected chi connectivity index (χ3v) is 8.40. The summed E-state index contributed by atoms with van der Waals surface area (Å²) in [6.45, 7) is 5.75. The van der Waals surface area contributed by atoms with Crippen LogP contribution >= 0.6 is 0 Å². The van der Waals surface area contributed by atoms with Gasteiger partial charge in [0.2, 0.25) is 23.2 Å². The molecule has 0 aliphatic carbocycles. The van der Waals surface area contributed by atoms with Gasteiger partial charge in [-0.1, -0.05) is 19.9 Å². The maximum atomic E-state index is 13.3. The minimum absolute atomic E-state index is 0.0283. The standard InChI is InChI=1S/C35H40N4O11/c1-18(2)11-23(25(40)15-30(36)42)38-34(45)24-5-4-8-39(24)35(46)19(3)37-31(43)17-49-21-13-26(41)32-29(14-21)50-16-22(33(32)44)20-6-7-27-28(12-20)48-10-9-47-27/h6-7,12-14,16,18-19,23-24,41H,4-5,8-11,15,17H2,1-3H3,(H2,36,42)(H,37,43)(H,38,45). The molecular formula is C35H40N4O11. The van der Waals surface area contributed by atoms with Crippen LogP contribution in [0.5, 0.6) is 23.0 Å². The molecule has 5 rings (SSSR count). The number of carbonyl (C=O) groups excluding carboxylic acids is 5. The number of ether oxygens (including phenoxy) is 3. The second kappa shape index (κ2) is 15.3. The second-order valence-corrected chi connectivity index (χ2v) is 12.7. The van der Waals surface area contributed by atoms with E-state index >= 15 is 0 Å². The molecule has 266 valence electrons. The van der Waals surface area contributed by atoms with E-state index in [0.29, 0.717) is 49.5 Å². The summed E-state index contributed by atoms with van der Waals surface area (Å²) in [5, 5.41) is 15.9. The van der Waals surface area contributed by atoms with Gasteiger partial charge in [-0.25, -0.2) is 0 Å². The molecule has 0 radical (unpaired) electrons. The number of phenolic OH excluding ortho intramolecular Hbond substituents is 1. The molecule has 0 bridgehead atoms. The van der Waals surface area contributed by atoms with Gasteiger partial charge < -0.3 is 45.0 Å². The third kappa shape index (κ3) is 8.15. The number of nitrogens with one attached hydrogen (secondary N) is 2. The number of likely N-dealkylation sites (tertiary alicyclic amines) is 1. The SMILES string of the molecule is CC(C)CC(NC(=O)C1CCCN1C(=O)C(C)NC(=O)COc1cc(O)c2c(=O)c(-c3ccc4c(c3)OCCO4)coc2c1)C(=O)CC(N)=O. The molecule has 50 heavy (non-hydrogen) atoms. The van der Waals surface area contributed by atoms with E-state index in [4.69, 9.17) is 24.4 Å². The Morgan fingerprint density at radius 1 is 1.04 bits per heavy atom. The number of hydrogen-bond acceptors (Lipinski definition) is 11. The molecule has 15 heteroatoms. The number of nitrogens with two attached hydrogens (primary N) is 1. The van der Waals surface area contributed by atoms with E-state index in [2.05, 4.69) is 10.6 Å². The van der Waals surface area contributed by atoms with Gasteiger partial charge in [0.05, 0.1) is 18.0 Å². The fourth-order valence-electron chi connectivity index (χ4n) is 6.05. The van der Waals surface area contributed by atoms with Gasteiger partial charge in [0, 0.05) is 18.7 Å². The Kier molecular flexibility index (Phi) is 10.9. The number of rotatable bonds is 13. The number of Topliss-reactive ketones (excluding diaryl/α,β-unsaturated/α-hetero) is 1. The molecule has 1 aromatic heterocycles. The zero-order valence-electron chi connectivity index (χ0n) is 28.0. The van der Waals surface area contributed by atoms with Crippen molar-refractivity contribution in [1.82, 2.24) is 15.5 Å². The van der Waals surface area contributed by atoms with E-state index in [9.17, 15) is 33.9 Å². The zero-order valence-corrected chi connectivity index (χ0v) is 28.0. The van der Waals surface area contributed by atoms with Crippen LogP contribution in [0.25, 0.3) is 22.1 Å². The first-order valence-electron chi connectivity index (χ1n) is 16.3. The first-order valence-corrected chi connectivity index (χ1v) is 16.3. The van der Waals surface area contributed by atoms with Gasteiger partial charge in [0.25, 0.3) is 5.91 Å². The molecule has 3 heterocycles. The highest BCUT2D eigenvalue weighted by molar-refractivity contribution is 6.02. The molecule has 1 fully saturated rings. The second-order valence-electron chi connectivity index (χ2n) is 12.7. The number of ketones is 1. The lowest BCUT2D eigenvalue weighted by Gasteiger charge is -2.29. The maximum Gasteiger partial charge on any atom is 0.258 e. The van der Waals surface area contributed by atoms with E-state index in [1.54, 1.807) is 18.2 Å². The molecule has 0 spiro atoms. The molecule has 3 aromatic rings. The van der Waals surface area contributed by atoms with E-state index < -0.39 is 71.7 Å². The van der Waals surface area contributed by atoms with Gasteiger partial charge in [-0.2, -0.15) is 0 Å².